The van der Waals surface area contributed by atoms with E-state index >= 15 is 0 Å². The van der Waals surface area contributed by atoms with Gasteiger partial charge in [0.2, 0.25) is 33.6 Å². The minimum Gasteiger partial charge on any atom is -0.481 e. The highest BCUT2D eigenvalue weighted by molar-refractivity contribution is 7.93. The van der Waals surface area contributed by atoms with Gasteiger partial charge in [0.1, 0.15) is 12.0 Å². The highest BCUT2D eigenvalue weighted by Crippen LogP contribution is 2.35. The second-order valence-electron chi connectivity index (χ2n) is 7.10. The van der Waals surface area contributed by atoms with Crippen LogP contribution in [0.25, 0.3) is 17.2 Å². The van der Waals surface area contributed by atoms with E-state index in [9.17, 15) is 8.42 Å². The molecule has 0 radical (unpaired) electrons. The first-order valence-electron chi connectivity index (χ1n) is 10.1. The van der Waals surface area contributed by atoms with Crippen molar-refractivity contribution < 1.29 is 22.6 Å². The molecule has 3 aromatic rings. The molecular formula is C19H24N8O5S. The molecule has 13 nitrogen and oxygen atoms in total. The van der Waals surface area contributed by atoms with Crippen LogP contribution in [0.1, 0.15) is 12.8 Å². The molecule has 1 aliphatic heterocycles. The van der Waals surface area contributed by atoms with Crippen molar-refractivity contribution in [3.63, 3.8) is 0 Å². The highest BCUT2D eigenvalue weighted by Gasteiger charge is 2.31. The third kappa shape index (κ3) is 4.52. The number of hydrogen-bond acceptors (Lipinski definition) is 11. The van der Waals surface area contributed by atoms with Crippen LogP contribution in [0.2, 0.25) is 0 Å². The van der Waals surface area contributed by atoms with Gasteiger partial charge in [-0.05, 0) is 25.5 Å². The van der Waals surface area contributed by atoms with Crippen molar-refractivity contribution in [1.82, 2.24) is 35.0 Å². The number of sulfonamides is 1. The molecule has 0 amide bonds. The molecular weight excluding hydrogens is 452 g/mol. The third-order valence-corrected chi connectivity index (χ3v) is 6.86. The first-order chi connectivity index (χ1) is 16.0. The third-order valence-electron chi connectivity index (χ3n) is 5.11. The van der Waals surface area contributed by atoms with Gasteiger partial charge < -0.3 is 19.5 Å². The van der Waals surface area contributed by atoms with Gasteiger partial charge >= 0.3 is 0 Å². The van der Waals surface area contributed by atoms with Gasteiger partial charge in [-0.25, -0.2) is 18.0 Å². The zero-order valence-electron chi connectivity index (χ0n) is 18.3. The lowest BCUT2D eigenvalue weighted by atomic mass is 10.2. The van der Waals surface area contributed by atoms with Crippen molar-refractivity contribution in [2.45, 2.75) is 18.1 Å². The summed E-state index contributed by atoms with van der Waals surface area (Å²) in [5, 5.41) is 10.8. The molecule has 0 bridgehead atoms. The van der Waals surface area contributed by atoms with E-state index in [4.69, 9.17) is 14.2 Å². The van der Waals surface area contributed by atoms with Crippen molar-refractivity contribution in [3.05, 3.63) is 24.5 Å². The van der Waals surface area contributed by atoms with Gasteiger partial charge in [0.25, 0.3) is 0 Å². The Morgan fingerprint density at radius 1 is 1.09 bits per heavy atom. The zero-order chi connectivity index (χ0) is 23.4. The van der Waals surface area contributed by atoms with Gasteiger partial charge in [0, 0.05) is 12.6 Å². The van der Waals surface area contributed by atoms with Crippen molar-refractivity contribution in [2.75, 3.05) is 39.1 Å². The Kier molecular flexibility index (Phi) is 6.55. The topological polar surface area (TPSA) is 155 Å². The lowest BCUT2D eigenvalue weighted by Crippen LogP contribution is -2.41. The molecule has 4 heterocycles. The number of nitrogens with one attached hydrogen (secondary N) is 2. The predicted octanol–water partition coefficient (Wildman–Crippen LogP) is 0.639. The Labute approximate surface area is 190 Å². The summed E-state index contributed by atoms with van der Waals surface area (Å²) in [6.07, 6.45) is 2.56. The molecule has 2 N–H and O–H groups in total. The molecule has 0 unspecified atom stereocenters. The number of aromatic nitrogens is 6. The molecule has 0 aromatic carbocycles. The number of hydrogen-bond donors (Lipinski definition) is 2. The van der Waals surface area contributed by atoms with Crippen LogP contribution in [0.5, 0.6) is 17.6 Å². The lowest BCUT2D eigenvalue weighted by Gasteiger charge is -2.23. The van der Waals surface area contributed by atoms with Crippen LogP contribution in [-0.2, 0) is 10.0 Å². The molecule has 0 saturated carbocycles. The van der Waals surface area contributed by atoms with E-state index in [0.717, 1.165) is 13.0 Å². The predicted molar refractivity (Wildman–Crippen MR) is 118 cm³/mol. The highest BCUT2D eigenvalue weighted by atomic mass is 32.2. The smallest absolute Gasteiger partial charge is 0.245 e. The number of rotatable bonds is 8. The number of piperidine rings is 1. The summed E-state index contributed by atoms with van der Waals surface area (Å²) >= 11 is 0. The zero-order valence-corrected chi connectivity index (χ0v) is 19.2. The van der Waals surface area contributed by atoms with Crippen LogP contribution in [0.3, 0.4) is 0 Å². The first-order valence-corrected chi connectivity index (χ1v) is 11.7. The normalized spacial score (nSPS) is 16.3. The molecule has 176 valence electrons. The fraction of sp³-hybridized carbons (Fsp3) is 0.421. The molecule has 4 rings (SSSR count). The SMILES string of the molecule is COc1cccc(-c2nnc(NS(=O)(=O)[C@H]3CCCNC3)n2-c2c(OC)ncnc2OC)n1. The number of methoxy groups -OCH3 is 3. The van der Waals surface area contributed by atoms with Gasteiger partial charge in [-0.15, -0.1) is 10.2 Å². The number of pyridine rings is 1. The average Bonchev–Trinajstić information content (AvgIpc) is 3.26. The standard InChI is InChI=1S/C19H24N8O5S/c1-30-14-8-4-7-13(23-14)16-24-25-19(26-33(28,29)12-6-5-9-20-10-12)27(16)15-17(31-2)21-11-22-18(15)32-3/h4,7-8,11-12,20H,5-6,9-10H2,1-3H3,(H,25,26)/t12-/m0/s1. The van der Waals surface area contributed by atoms with E-state index in [1.165, 1.54) is 32.2 Å². The Hall–Kier alpha value is -3.52. The second kappa shape index (κ2) is 9.54. The van der Waals surface area contributed by atoms with Gasteiger partial charge in [0.15, 0.2) is 11.5 Å². The Balaban J connectivity index is 1.90. The molecule has 3 aromatic heterocycles. The summed E-state index contributed by atoms with van der Waals surface area (Å²) in [5.74, 6) is 0.739. The maximum Gasteiger partial charge on any atom is 0.245 e. The number of ether oxygens (including phenoxy) is 3. The van der Waals surface area contributed by atoms with Gasteiger partial charge in [-0.1, -0.05) is 6.07 Å². The first kappa shape index (κ1) is 22.7. The van der Waals surface area contributed by atoms with Gasteiger partial charge in [-0.3, -0.25) is 4.72 Å². The van der Waals surface area contributed by atoms with Crippen LogP contribution < -0.4 is 24.2 Å². The number of anilines is 1. The molecule has 33 heavy (non-hydrogen) atoms. The van der Waals surface area contributed by atoms with Crippen molar-refractivity contribution in [1.29, 1.82) is 0 Å². The van der Waals surface area contributed by atoms with Gasteiger partial charge in [0.05, 0.1) is 26.6 Å². The molecule has 0 spiro atoms. The van der Waals surface area contributed by atoms with Crippen LogP contribution in [0.4, 0.5) is 5.95 Å². The molecule has 1 atom stereocenters. The molecule has 1 aliphatic rings. The summed E-state index contributed by atoms with van der Waals surface area (Å²) in [4.78, 5) is 12.7. The summed E-state index contributed by atoms with van der Waals surface area (Å²) in [5.41, 5.74) is 0.589. The number of nitrogens with zero attached hydrogens (tertiary/aromatic N) is 6. The Morgan fingerprint density at radius 2 is 1.85 bits per heavy atom. The maximum absolute atomic E-state index is 13.1. The maximum atomic E-state index is 13.1. The largest absolute Gasteiger partial charge is 0.481 e. The minimum atomic E-state index is -3.79. The minimum absolute atomic E-state index is 0.0772. The van der Waals surface area contributed by atoms with E-state index in [0.29, 0.717) is 24.5 Å². The van der Waals surface area contributed by atoms with Crippen molar-refractivity contribution >= 4 is 16.0 Å². The molecule has 1 fully saturated rings. The van der Waals surface area contributed by atoms with Crippen molar-refractivity contribution in [2.24, 2.45) is 0 Å². The van der Waals surface area contributed by atoms with Crippen LogP contribution >= 0.6 is 0 Å². The summed E-state index contributed by atoms with van der Waals surface area (Å²) < 4.78 is 46.3. The van der Waals surface area contributed by atoms with Crippen LogP contribution in [0.15, 0.2) is 24.5 Å². The van der Waals surface area contributed by atoms with E-state index < -0.39 is 15.3 Å². The van der Waals surface area contributed by atoms with E-state index in [1.807, 2.05) is 0 Å². The van der Waals surface area contributed by atoms with E-state index in [-0.39, 0.29) is 29.2 Å². The summed E-state index contributed by atoms with van der Waals surface area (Å²) in [6, 6.07) is 5.10. The second-order valence-corrected chi connectivity index (χ2v) is 9.06. The molecule has 0 aliphatic carbocycles. The van der Waals surface area contributed by atoms with E-state index in [1.54, 1.807) is 18.2 Å². The van der Waals surface area contributed by atoms with Crippen LogP contribution in [0, 0.1) is 0 Å². The van der Waals surface area contributed by atoms with Crippen LogP contribution in [-0.4, -0.2) is 77.8 Å². The lowest BCUT2D eigenvalue weighted by molar-refractivity contribution is 0.368. The van der Waals surface area contributed by atoms with E-state index in [2.05, 4.69) is 35.2 Å². The monoisotopic (exact) mass is 476 g/mol. The molecule has 1 saturated heterocycles. The fourth-order valence-corrected chi connectivity index (χ4v) is 4.88. The quantitative estimate of drug-likeness (QED) is 0.470. The Bertz CT molecular complexity index is 1200. The molecule has 14 heteroatoms. The van der Waals surface area contributed by atoms with Gasteiger partial charge in [-0.2, -0.15) is 9.97 Å². The Morgan fingerprint density at radius 3 is 2.48 bits per heavy atom. The average molecular weight is 477 g/mol. The summed E-state index contributed by atoms with van der Waals surface area (Å²) in [6.45, 7) is 1.12. The van der Waals surface area contributed by atoms with Crippen molar-refractivity contribution in [3.8, 4) is 34.8 Å². The fourth-order valence-electron chi connectivity index (χ4n) is 3.51. The summed E-state index contributed by atoms with van der Waals surface area (Å²) in [7, 11) is 0.555.